The third-order valence-corrected chi connectivity index (χ3v) is 4.29. The zero-order valence-electron chi connectivity index (χ0n) is 10.9. The van der Waals surface area contributed by atoms with Crippen LogP contribution in [-0.2, 0) is 0 Å². The van der Waals surface area contributed by atoms with Crippen LogP contribution in [0.2, 0.25) is 0 Å². The molecule has 106 valence electrons. The Bertz CT molecular complexity index is 1060. The van der Waals surface area contributed by atoms with E-state index in [1.807, 2.05) is 0 Å². The molecule has 0 fully saturated rings. The lowest BCUT2D eigenvalue weighted by molar-refractivity contribution is 0.0979. The molecule has 22 heavy (non-hydrogen) atoms. The molecular weight excluding hydrogens is 350 g/mol. The molecule has 2 aromatic carbocycles. The third kappa shape index (κ3) is 1.57. The van der Waals surface area contributed by atoms with Gasteiger partial charge in [-0.3, -0.25) is 14.4 Å². The van der Waals surface area contributed by atoms with Gasteiger partial charge in [-0.15, -0.1) is 5.10 Å². The number of nitrogens with one attached hydrogen (secondary N) is 1. The molecule has 4 rings (SSSR count). The van der Waals surface area contributed by atoms with Gasteiger partial charge in [0.2, 0.25) is 0 Å². The van der Waals surface area contributed by atoms with Crippen molar-refractivity contribution in [1.29, 1.82) is 0 Å². The Morgan fingerprint density at radius 2 is 1.59 bits per heavy atom. The second-order valence-electron chi connectivity index (χ2n) is 4.85. The van der Waals surface area contributed by atoms with Crippen LogP contribution >= 0.6 is 15.9 Å². The van der Waals surface area contributed by atoms with E-state index in [0.29, 0.717) is 15.6 Å². The highest BCUT2D eigenvalue weighted by Gasteiger charge is 2.34. The molecule has 3 aromatic rings. The van der Waals surface area contributed by atoms with Crippen LogP contribution < -0.4 is 5.56 Å². The van der Waals surface area contributed by atoms with Crippen molar-refractivity contribution in [2.75, 3.05) is 0 Å². The molecule has 1 aliphatic rings. The lowest BCUT2D eigenvalue weighted by Gasteiger charge is -2.19. The van der Waals surface area contributed by atoms with Crippen LogP contribution in [0.3, 0.4) is 0 Å². The molecule has 0 atom stereocenters. The molecule has 0 unspecified atom stereocenters. The Morgan fingerprint density at radius 3 is 2.27 bits per heavy atom. The predicted octanol–water partition coefficient (Wildman–Crippen LogP) is 1.86. The van der Waals surface area contributed by atoms with Crippen LogP contribution in [0.4, 0.5) is 0 Å². The van der Waals surface area contributed by atoms with E-state index < -0.39 is 5.56 Å². The van der Waals surface area contributed by atoms with Gasteiger partial charge in [0.15, 0.2) is 11.6 Å². The first-order chi connectivity index (χ1) is 10.6. The molecule has 1 N–H and O–H groups in total. The van der Waals surface area contributed by atoms with E-state index in [0.717, 1.165) is 0 Å². The summed E-state index contributed by atoms with van der Waals surface area (Å²) < 4.78 is 0.390. The van der Waals surface area contributed by atoms with Crippen molar-refractivity contribution < 1.29 is 9.59 Å². The van der Waals surface area contributed by atoms with E-state index in [-0.39, 0.29) is 33.6 Å². The number of fused-ring (bicyclic) bond motifs is 4. The van der Waals surface area contributed by atoms with Crippen LogP contribution in [0, 0.1) is 0 Å². The average Bonchev–Trinajstić information content (AvgIpc) is 2.53. The molecule has 1 aliphatic carbocycles. The van der Waals surface area contributed by atoms with Gasteiger partial charge in [-0.2, -0.15) is 0 Å². The lowest BCUT2D eigenvalue weighted by Crippen LogP contribution is -2.23. The van der Waals surface area contributed by atoms with E-state index in [4.69, 9.17) is 0 Å². The van der Waals surface area contributed by atoms with Crippen molar-refractivity contribution in [3.8, 4) is 0 Å². The minimum atomic E-state index is -0.465. The Balaban J connectivity index is 2.21. The number of carbonyl (C=O) groups excluding carboxylic acids is 2. The second kappa shape index (κ2) is 4.41. The highest BCUT2D eigenvalue weighted by atomic mass is 79.9. The van der Waals surface area contributed by atoms with Crippen molar-refractivity contribution in [3.05, 3.63) is 67.4 Å². The fraction of sp³-hybridized carbons (Fsp3) is 0. The first kappa shape index (κ1) is 13.0. The van der Waals surface area contributed by atoms with Gasteiger partial charge in [-0.25, -0.2) is 5.10 Å². The molecule has 1 aromatic heterocycles. The number of halogens is 1. The molecule has 1 heterocycles. The molecule has 0 radical (unpaired) electrons. The lowest BCUT2D eigenvalue weighted by atomic mass is 9.83. The SMILES string of the molecule is O=C1c2ccccc2C(=O)c2c1c(Br)cc1c(=O)[nH]nnc21. The summed E-state index contributed by atoms with van der Waals surface area (Å²) in [6.45, 7) is 0. The number of rotatable bonds is 0. The van der Waals surface area contributed by atoms with Gasteiger partial charge in [-0.1, -0.05) is 29.5 Å². The number of nitrogens with zero attached hydrogens (tertiary/aromatic N) is 2. The van der Waals surface area contributed by atoms with Crippen molar-refractivity contribution in [2.24, 2.45) is 0 Å². The number of ketones is 2. The van der Waals surface area contributed by atoms with Gasteiger partial charge in [-0.05, 0) is 22.0 Å². The second-order valence-corrected chi connectivity index (χ2v) is 5.70. The zero-order valence-corrected chi connectivity index (χ0v) is 12.5. The quantitative estimate of drug-likeness (QED) is 0.519. The topological polar surface area (TPSA) is 92.8 Å². The molecule has 0 aliphatic heterocycles. The van der Waals surface area contributed by atoms with Crippen LogP contribution in [0.1, 0.15) is 31.8 Å². The molecular formula is C15H6BrN3O3. The van der Waals surface area contributed by atoms with E-state index in [2.05, 4.69) is 31.3 Å². The first-order valence-corrected chi connectivity index (χ1v) is 7.15. The summed E-state index contributed by atoms with van der Waals surface area (Å²) in [6.07, 6.45) is 0. The maximum atomic E-state index is 12.8. The molecule has 6 nitrogen and oxygen atoms in total. The standard InChI is InChI=1S/C15H6BrN3O3/c16-9-5-8-12(17-19-18-15(8)22)11-10(9)13(20)6-3-1-2-4-7(6)14(11)21/h1-5H,(H,17,18,22). The van der Waals surface area contributed by atoms with Crippen molar-refractivity contribution in [2.45, 2.75) is 0 Å². The molecule has 0 saturated heterocycles. The number of hydrogen-bond acceptors (Lipinski definition) is 5. The Labute approximate surface area is 131 Å². The van der Waals surface area contributed by atoms with Crippen LogP contribution in [0.15, 0.2) is 39.6 Å². The van der Waals surface area contributed by atoms with E-state index in [9.17, 15) is 14.4 Å². The summed E-state index contributed by atoms with van der Waals surface area (Å²) in [4.78, 5) is 37.3. The fourth-order valence-electron chi connectivity index (χ4n) is 2.69. The minimum Gasteiger partial charge on any atom is -0.289 e. The first-order valence-electron chi connectivity index (χ1n) is 6.35. The van der Waals surface area contributed by atoms with Crippen molar-refractivity contribution >= 4 is 38.4 Å². The van der Waals surface area contributed by atoms with Gasteiger partial charge >= 0.3 is 0 Å². The Morgan fingerprint density at radius 1 is 0.955 bits per heavy atom. The summed E-state index contributed by atoms with van der Waals surface area (Å²) in [6, 6.07) is 8.08. The van der Waals surface area contributed by atoms with Crippen LogP contribution in [-0.4, -0.2) is 27.0 Å². The molecule has 0 bridgehead atoms. The number of aromatic nitrogens is 3. The number of benzene rings is 2. The highest BCUT2D eigenvalue weighted by Crippen LogP contribution is 2.35. The number of H-pyrrole nitrogens is 1. The van der Waals surface area contributed by atoms with Gasteiger partial charge in [0.05, 0.1) is 16.5 Å². The molecule has 0 saturated carbocycles. The van der Waals surface area contributed by atoms with E-state index in [1.165, 1.54) is 6.07 Å². The monoisotopic (exact) mass is 355 g/mol. The minimum absolute atomic E-state index is 0.117. The zero-order chi connectivity index (χ0) is 15.4. The molecule has 0 amide bonds. The normalized spacial score (nSPS) is 13.1. The van der Waals surface area contributed by atoms with E-state index >= 15 is 0 Å². The largest absolute Gasteiger partial charge is 0.289 e. The van der Waals surface area contributed by atoms with Gasteiger partial charge in [0.25, 0.3) is 5.56 Å². The van der Waals surface area contributed by atoms with Gasteiger partial charge in [0, 0.05) is 15.6 Å². The van der Waals surface area contributed by atoms with Crippen LogP contribution in [0.25, 0.3) is 10.9 Å². The molecule has 0 spiro atoms. The van der Waals surface area contributed by atoms with Crippen molar-refractivity contribution in [1.82, 2.24) is 15.4 Å². The highest BCUT2D eigenvalue weighted by molar-refractivity contribution is 9.10. The maximum absolute atomic E-state index is 12.8. The summed E-state index contributed by atoms with van der Waals surface area (Å²) in [7, 11) is 0. The number of aromatic amines is 1. The molecule has 7 heteroatoms. The summed E-state index contributed by atoms with van der Waals surface area (Å²) in [5.74, 6) is -0.613. The number of carbonyl (C=O) groups is 2. The Hall–Kier alpha value is -2.67. The summed E-state index contributed by atoms with van der Waals surface area (Å²) in [5, 5.41) is 9.78. The Kier molecular flexibility index (Phi) is 2.61. The smallest absolute Gasteiger partial charge is 0.275 e. The summed E-state index contributed by atoms with van der Waals surface area (Å²) in [5.41, 5.74) is 0.657. The fourth-order valence-corrected chi connectivity index (χ4v) is 3.30. The maximum Gasteiger partial charge on any atom is 0.275 e. The van der Waals surface area contributed by atoms with Crippen LogP contribution in [0.5, 0.6) is 0 Å². The van der Waals surface area contributed by atoms with Crippen molar-refractivity contribution in [3.63, 3.8) is 0 Å². The van der Waals surface area contributed by atoms with Gasteiger partial charge < -0.3 is 0 Å². The predicted molar refractivity (Wildman–Crippen MR) is 81.2 cm³/mol. The van der Waals surface area contributed by atoms with Gasteiger partial charge in [0.1, 0.15) is 5.52 Å². The number of hydrogen-bond donors (Lipinski definition) is 1. The third-order valence-electron chi connectivity index (χ3n) is 3.67. The van der Waals surface area contributed by atoms with E-state index in [1.54, 1.807) is 24.3 Å². The summed E-state index contributed by atoms with van der Waals surface area (Å²) >= 11 is 3.28. The average molecular weight is 356 g/mol.